The van der Waals surface area contributed by atoms with Crippen molar-refractivity contribution in [2.24, 2.45) is 0 Å². The first-order chi connectivity index (χ1) is 7.08. The second-order valence-corrected chi connectivity index (χ2v) is 6.58. The SMILES string of the molecule is CCCCCCS(=O)(=O)C1CCCC1=O. The van der Waals surface area contributed by atoms with Gasteiger partial charge in [-0.15, -0.1) is 0 Å². The number of rotatable bonds is 6. The Labute approximate surface area is 92.2 Å². The number of ketones is 1. The van der Waals surface area contributed by atoms with Crippen LogP contribution in [0.5, 0.6) is 0 Å². The first-order valence-corrected chi connectivity index (χ1v) is 7.53. The molecule has 0 saturated heterocycles. The summed E-state index contributed by atoms with van der Waals surface area (Å²) in [6.45, 7) is 2.09. The highest BCUT2D eigenvalue weighted by molar-refractivity contribution is 7.92. The van der Waals surface area contributed by atoms with Crippen molar-refractivity contribution in [3.05, 3.63) is 0 Å². The Balaban J connectivity index is 2.41. The fraction of sp³-hybridized carbons (Fsp3) is 0.909. The van der Waals surface area contributed by atoms with Crippen molar-refractivity contribution in [3.63, 3.8) is 0 Å². The number of hydrogen-bond donors (Lipinski definition) is 0. The molecule has 88 valence electrons. The van der Waals surface area contributed by atoms with Crippen LogP contribution in [-0.4, -0.2) is 25.2 Å². The van der Waals surface area contributed by atoms with Gasteiger partial charge in [0.25, 0.3) is 0 Å². The zero-order valence-corrected chi connectivity index (χ0v) is 10.2. The van der Waals surface area contributed by atoms with Crippen molar-refractivity contribution in [2.75, 3.05) is 5.75 Å². The van der Waals surface area contributed by atoms with E-state index in [4.69, 9.17) is 0 Å². The van der Waals surface area contributed by atoms with Crippen molar-refractivity contribution in [2.45, 2.75) is 57.1 Å². The molecular weight excluding hydrogens is 212 g/mol. The van der Waals surface area contributed by atoms with Gasteiger partial charge in [0, 0.05) is 6.42 Å². The molecule has 1 fully saturated rings. The fourth-order valence-corrected chi connectivity index (χ4v) is 3.97. The third-order valence-corrected chi connectivity index (χ3v) is 5.19. The van der Waals surface area contributed by atoms with Crippen LogP contribution in [-0.2, 0) is 14.6 Å². The first kappa shape index (κ1) is 12.7. The Morgan fingerprint density at radius 1 is 1.27 bits per heavy atom. The van der Waals surface area contributed by atoms with E-state index in [2.05, 4.69) is 6.92 Å². The van der Waals surface area contributed by atoms with E-state index in [9.17, 15) is 13.2 Å². The van der Waals surface area contributed by atoms with Gasteiger partial charge in [-0.1, -0.05) is 26.2 Å². The van der Waals surface area contributed by atoms with Crippen LogP contribution in [0, 0.1) is 0 Å². The lowest BCUT2D eigenvalue weighted by Crippen LogP contribution is -2.27. The van der Waals surface area contributed by atoms with Gasteiger partial charge in [-0.25, -0.2) is 8.42 Å². The van der Waals surface area contributed by atoms with Crippen LogP contribution in [0.25, 0.3) is 0 Å². The summed E-state index contributed by atoms with van der Waals surface area (Å²) in [5, 5.41) is -0.667. The number of Topliss-reactive ketones (excluding diaryl/α,β-unsaturated/α-hetero) is 1. The van der Waals surface area contributed by atoms with Crippen molar-refractivity contribution < 1.29 is 13.2 Å². The lowest BCUT2D eigenvalue weighted by molar-refractivity contribution is -0.117. The van der Waals surface area contributed by atoms with Crippen molar-refractivity contribution >= 4 is 15.6 Å². The molecule has 0 amide bonds. The minimum Gasteiger partial charge on any atom is -0.298 e. The molecule has 0 bridgehead atoms. The molecule has 0 heterocycles. The molecule has 1 unspecified atom stereocenters. The van der Waals surface area contributed by atoms with Gasteiger partial charge >= 0.3 is 0 Å². The topological polar surface area (TPSA) is 51.2 Å². The highest BCUT2D eigenvalue weighted by atomic mass is 32.2. The van der Waals surface area contributed by atoms with Gasteiger partial charge in [0.15, 0.2) is 15.6 Å². The van der Waals surface area contributed by atoms with Crippen LogP contribution in [0.2, 0.25) is 0 Å². The molecule has 0 aliphatic heterocycles. The van der Waals surface area contributed by atoms with Crippen molar-refractivity contribution in [3.8, 4) is 0 Å². The summed E-state index contributed by atoms with van der Waals surface area (Å²) < 4.78 is 23.6. The van der Waals surface area contributed by atoms with E-state index >= 15 is 0 Å². The highest BCUT2D eigenvalue weighted by Crippen LogP contribution is 2.22. The van der Waals surface area contributed by atoms with Crippen molar-refractivity contribution in [1.29, 1.82) is 0 Å². The summed E-state index contributed by atoms with van der Waals surface area (Å²) >= 11 is 0. The summed E-state index contributed by atoms with van der Waals surface area (Å²) in [6, 6.07) is 0. The highest BCUT2D eigenvalue weighted by Gasteiger charge is 2.35. The zero-order chi connectivity index (χ0) is 11.3. The summed E-state index contributed by atoms with van der Waals surface area (Å²) in [6.07, 6.45) is 5.60. The quantitative estimate of drug-likeness (QED) is 0.659. The molecule has 3 nitrogen and oxygen atoms in total. The second kappa shape index (κ2) is 5.64. The van der Waals surface area contributed by atoms with Gasteiger partial charge in [0.1, 0.15) is 5.25 Å². The van der Waals surface area contributed by atoms with E-state index < -0.39 is 15.1 Å². The number of hydrogen-bond acceptors (Lipinski definition) is 3. The molecule has 15 heavy (non-hydrogen) atoms. The molecule has 0 aromatic heterocycles. The maximum absolute atomic E-state index is 11.8. The number of carbonyl (C=O) groups excluding carboxylic acids is 1. The molecule has 0 radical (unpaired) electrons. The first-order valence-electron chi connectivity index (χ1n) is 5.82. The lowest BCUT2D eigenvalue weighted by atomic mass is 10.2. The van der Waals surface area contributed by atoms with Crippen LogP contribution in [0.4, 0.5) is 0 Å². The summed E-state index contributed by atoms with van der Waals surface area (Å²) in [4.78, 5) is 11.3. The molecule has 1 aliphatic carbocycles. The third kappa shape index (κ3) is 3.59. The molecule has 1 saturated carbocycles. The predicted octanol–water partition coefficient (Wildman–Crippen LogP) is 2.10. The largest absolute Gasteiger partial charge is 0.298 e. The Kier molecular flexibility index (Phi) is 4.77. The predicted molar refractivity (Wildman–Crippen MR) is 60.6 cm³/mol. The van der Waals surface area contributed by atoms with Gasteiger partial charge in [0.05, 0.1) is 5.75 Å². The third-order valence-electron chi connectivity index (χ3n) is 2.96. The molecule has 1 atom stereocenters. The van der Waals surface area contributed by atoms with Crippen LogP contribution < -0.4 is 0 Å². The van der Waals surface area contributed by atoms with Crippen LogP contribution in [0.3, 0.4) is 0 Å². The molecule has 4 heteroatoms. The number of sulfone groups is 1. The van der Waals surface area contributed by atoms with E-state index in [1.807, 2.05) is 0 Å². The molecule has 1 rings (SSSR count). The average molecular weight is 232 g/mol. The molecular formula is C11H20O3S. The standard InChI is InChI=1S/C11H20O3S/c1-2-3-4-5-9-15(13,14)11-8-6-7-10(11)12/h11H,2-9H2,1H3. The smallest absolute Gasteiger partial charge is 0.160 e. The van der Waals surface area contributed by atoms with E-state index in [0.717, 1.165) is 25.7 Å². The maximum Gasteiger partial charge on any atom is 0.160 e. The maximum atomic E-state index is 11.8. The lowest BCUT2D eigenvalue weighted by Gasteiger charge is -2.09. The Morgan fingerprint density at radius 2 is 2.00 bits per heavy atom. The van der Waals surface area contributed by atoms with E-state index in [-0.39, 0.29) is 11.5 Å². The summed E-state index contributed by atoms with van der Waals surface area (Å²) in [5.41, 5.74) is 0. The van der Waals surface area contributed by atoms with Gasteiger partial charge in [-0.2, -0.15) is 0 Å². The Hall–Kier alpha value is -0.380. The van der Waals surface area contributed by atoms with Gasteiger partial charge in [0.2, 0.25) is 0 Å². The molecule has 0 aromatic carbocycles. The fourth-order valence-electron chi connectivity index (χ4n) is 2.04. The Morgan fingerprint density at radius 3 is 2.53 bits per heavy atom. The zero-order valence-electron chi connectivity index (χ0n) is 9.37. The van der Waals surface area contributed by atoms with Crippen LogP contribution in [0.15, 0.2) is 0 Å². The average Bonchev–Trinajstić information content (AvgIpc) is 2.60. The summed E-state index contributed by atoms with van der Waals surface area (Å²) in [5.74, 6) is 0.133. The monoisotopic (exact) mass is 232 g/mol. The minimum atomic E-state index is -3.14. The van der Waals surface area contributed by atoms with E-state index in [1.54, 1.807) is 0 Å². The summed E-state index contributed by atoms with van der Waals surface area (Å²) in [7, 11) is -3.14. The van der Waals surface area contributed by atoms with Crippen LogP contribution in [0.1, 0.15) is 51.9 Å². The number of unbranched alkanes of at least 4 members (excludes halogenated alkanes) is 3. The molecule has 0 spiro atoms. The van der Waals surface area contributed by atoms with Crippen LogP contribution >= 0.6 is 0 Å². The number of carbonyl (C=O) groups is 1. The second-order valence-electron chi connectivity index (χ2n) is 4.27. The molecule has 0 aromatic rings. The van der Waals surface area contributed by atoms with E-state index in [0.29, 0.717) is 19.3 Å². The van der Waals surface area contributed by atoms with Gasteiger partial charge in [-0.3, -0.25) is 4.79 Å². The Bertz CT molecular complexity index is 306. The normalized spacial score (nSPS) is 22.2. The van der Waals surface area contributed by atoms with Gasteiger partial charge in [-0.05, 0) is 19.3 Å². The molecule has 1 aliphatic rings. The molecule has 0 N–H and O–H groups in total. The van der Waals surface area contributed by atoms with Crippen molar-refractivity contribution in [1.82, 2.24) is 0 Å². The van der Waals surface area contributed by atoms with E-state index in [1.165, 1.54) is 0 Å². The minimum absolute atomic E-state index is 0.0644. The van der Waals surface area contributed by atoms with Gasteiger partial charge < -0.3 is 0 Å².